The number of aromatic nitrogens is 2. The number of ether oxygens (including phenoxy) is 1. The summed E-state index contributed by atoms with van der Waals surface area (Å²) in [5.74, 6) is -1.04. The Balaban J connectivity index is 2.12. The molecule has 7 nitrogen and oxygen atoms in total. The van der Waals surface area contributed by atoms with E-state index in [0.717, 1.165) is 11.8 Å². The molecule has 0 unspecified atom stereocenters. The minimum Gasteiger partial charge on any atom is -0.462 e. The number of carbonyl (C=O) groups is 2. The summed E-state index contributed by atoms with van der Waals surface area (Å²) in [5.41, 5.74) is 0.336. The van der Waals surface area contributed by atoms with E-state index < -0.39 is 11.7 Å². The fraction of sp³-hybridized carbons (Fsp3) is 0.250. The molecule has 1 aromatic heterocycles. The van der Waals surface area contributed by atoms with Gasteiger partial charge in [-0.25, -0.2) is 9.59 Å². The zero-order chi connectivity index (χ0) is 19.3. The minimum atomic E-state index is -0.610. The Bertz CT molecular complexity index is 902. The maximum atomic E-state index is 12.1. The molecule has 1 aromatic carbocycles. The number of anilines is 1. The van der Waals surface area contributed by atoms with E-state index in [2.05, 4.69) is 15.3 Å². The first-order valence-corrected chi connectivity index (χ1v) is 9.21. The fourth-order valence-corrected chi connectivity index (χ4v) is 3.18. The summed E-state index contributed by atoms with van der Waals surface area (Å²) >= 11 is 12.7. The highest BCUT2D eigenvalue weighted by atomic mass is 35.5. The van der Waals surface area contributed by atoms with Gasteiger partial charge in [-0.15, -0.1) is 0 Å². The van der Waals surface area contributed by atoms with Gasteiger partial charge in [0, 0.05) is 11.4 Å². The van der Waals surface area contributed by atoms with Gasteiger partial charge in [-0.1, -0.05) is 35.0 Å². The van der Waals surface area contributed by atoms with E-state index >= 15 is 0 Å². The van der Waals surface area contributed by atoms with Crippen LogP contribution in [0.5, 0.6) is 0 Å². The molecule has 138 valence electrons. The number of carbonyl (C=O) groups excluding carboxylic acids is 2. The van der Waals surface area contributed by atoms with Crippen LogP contribution in [0.1, 0.15) is 23.0 Å². The van der Waals surface area contributed by atoms with Gasteiger partial charge in [-0.05, 0) is 32.0 Å². The average Bonchev–Trinajstić information content (AvgIpc) is 2.56. The molecule has 0 atom stereocenters. The van der Waals surface area contributed by atoms with Crippen molar-refractivity contribution in [2.45, 2.75) is 18.9 Å². The highest BCUT2D eigenvalue weighted by molar-refractivity contribution is 8.00. The van der Waals surface area contributed by atoms with Gasteiger partial charge in [0.15, 0.2) is 0 Å². The van der Waals surface area contributed by atoms with E-state index in [1.807, 2.05) is 0 Å². The van der Waals surface area contributed by atoms with Crippen molar-refractivity contribution in [1.29, 1.82) is 0 Å². The fourth-order valence-electron chi connectivity index (χ4n) is 2.01. The van der Waals surface area contributed by atoms with Gasteiger partial charge < -0.3 is 15.0 Å². The zero-order valence-electron chi connectivity index (χ0n) is 13.9. The molecule has 10 heteroatoms. The SMILES string of the molecule is CCOC(=O)c1c(SCC(=O)Nc2ccc(Cl)c(Cl)c2)nc(=O)[nH]c1C. The molecular weight excluding hydrogens is 401 g/mol. The number of amides is 1. The van der Waals surface area contributed by atoms with Crippen LogP contribution < -0.4 is 11.0 Å². The van der Waals surface area contributed by atoms with Crippen LogP contribution in [0.4, 0.5) is 5.69 Å². The highest BCUT2D eigenvalue weighted by Gasteiger charge is 2.20. The Hall–Kier alpha value is -2.03. The number of nitrogens with one attached hydrogen (secondary N) is 2. The molecule has 2 N–H and O–H groups in total. The van der Waals surface area contributed by atoms with Gasteiger partial charge in [0.05, 0.1) is 22.4 Å². The van der Waals surface area contributed by atoms with Crippen LogP contribution in [0.15, 0.2) is 28.0 Å². The number of aryl methyl sites for hydroxylation is 1. The number of hydrogen-bond donors (Lipinski definition) is 2. The first kappa shape index (κ1) is 20.3. The van der Waals surface area contributed by atoms with E-state index in [-0.39, 0.29) is 28.9 Å². The van der Waals surface area contributed by atoms with Gasteiger partial charge in [-0.3, -0.25) is 4.79 Å². The topological polar surface area (TPSA) is 101 Å². The van der Waals surface area contributed by atoms with E-state index in [0.29, 0.717) is 21.4 Å². The number of aromatic amines is 1. The van der Waals surface area contributed by atoms with E-state index in [4.69, 9.17) is 27.9 Å². The third kappa shape index (κ3) is 5.23. The summed E-state index contributed by atoms with van der Waals surface area (Å²) in [6, 6.07) is 4.69. The summed E-state index contributed by atoms with van der Waals surface area (Å²) in [6.07, 6.45) is 0. The molecule has 26 heavy (non-hydrogen) atoms. The van der Waals surface area contributed by atoms with Crippen molar-refractivity contribution in [1.82, 2.24) is 9.97 Å². The lowest BCUT2D eigenvalue weighted by atomic mass is 10.2. The normalized spacial score (nSPS) is 10.5. The molecule has 0 spiro atoms. The third-order valence-corrected chi connectivity index (χ3v) is 4.82. The number of halogens is 2. The molecule has 0 saturated carbocycles. The number of nitrogens with zero attached hydrogens (tertiary/aromatic N) is 1. The van der Waals surface area contributed by atoms with Crippen LogP contribution in [0.2, 0.25) is 10.0 Å². The largest absolute Gasteiger partial charge is 0.462 e. The Labute approximate surface area is 163 Å². The standard InChI is InChI=1S/C16H15Cl2N3O4S/c1-3-25-15(23)13-8(2)19-16(24)21-14(13)26-7-12(22)20-9-4-5-10(17)11(18)6-9/h4-6H,3,7H2,1-2H3,(H,20,22)(H,19,21,24). The van der Waals surface area contributed by atoms with Gasteiger partial charge in [-0.2, -0.15) is 4.98 Å². The monoisotopic (exact) mass is 415 g/mol. The van der Waals surface area contributed by atoms with Crippen LogP contribution in [0.25, 0.3) is 0 Å². The Kier molecular flexibility index (Phi) is 7.07. The Morgan fingerprint density at radius 2 is 2.04 bits per heavy atom. The average molecular weight is 416 g/mol. The molecule has 0 aliphatic heterocycles. The molecule has 0 aliphatic carbocycles. The maximum Gasteiger partial charge on any atom is 0.346 e. The lowest BCUT2D eigenvalue weighted by Crippen LogP contribution is -2.21. The second-order valence-corrected chi connectivity index (χ2v) is 6.81. The number of benzene rings is 1. The number of thioether (sulfide) groups is 1. The highest BCUT2D eigenvalue weighted by Crippen LogP contribution is 2.26. The summed E-state index contributed by atoms with van der Waals surface area (Å²) in [4.78, 5) is 42.0. The van der Waals surface area contributed by atoms with Crippen molar-refractivity contribution >= 4 is 52.5 Å². The molecule has 0 radical (unpaired) electrons. The van der Waals surface area contributed by atoms with Gasteiger partial charge in [0.2, 0.25) is 5.91 Å². The van der Waals surface area contributed by atoms with E-state index in [9.17, 15) is 14.4 Å². The first-order chi connectivity index (χ1) is 12.3. The number of esters is 1. The van der Waals surface area contributed by atoms with Crippen LogP contribution in [-0.4, -0.2) is 34.2 Å². The molecule has 0 bridgehead atoms. The third-order valence-electron chi connectivity index (χ3n) is 3.11. The molecule has 0 saturated heterocycles. The lowest BCUT2D eigenvalue weighted by Gasteiger charge is -2.10. The van der Waals surface area contributed by atoms with Crippen LogP contribution >= 0.6 is 35.0 Å². The van der Waals surface area contributed by atoms with E-state index in [1.54, 1.807) is 26.0 Å². The summed E-state index contributed by atoms with van der Waals surface area (Å²) < 4.78 is 4.97. The van der Waals surface area contributed by atoms with Gasteiger partial charge >= 0.3 is 11.7 Å². The summed E-state index contributed by atoms with van der Waals surface area (Å²) in [6.45, 7) is 3.42. The van der Waals surface area contributed by atoms with Crippen molar-refractivity contribution in [3.8, 4) is 0 Å². The molecule has 2 rings (SSSR count). The van der Waals surface area contributed by atoms with Crippen molar-refractivity contribution in [2.75, 3.05) is 17.7 Å². The van der Waals surface area contributed by atoms with Gasteiger partial charge in [0.1, 0.15) is 10.6 Å². The maximum absolute atomic E-state index is 12.1. The minimum absolute atomic E-state index is 0.0669. The number of hydrogen-bond acceptors (Lipinski definition) is 6. The van der Waals surface area contributed by atoms with Crippen molar-refractivity contribution < 1.29 is 14.3 Å². The molecule has 0 aliphatic rings. The molecule has 2 aromatic rings. The molecule has 0 fully saturated rings. The second kappa shape index (κ2) is 9.07. The van der Waals surface area contributed by atoms with Crippen molar-refractivity contribution in [3.05, 3.63) is 50.0 Å². The Morgan fingerprint density at radius 1 is 1.31 bits per heavy atom. The van der Waals surface area contributed by atoms with Gasteiger partial charge in [0.25, 0.3) is 0 Å². The Morgan fingerprint density at radius 3 is 2.69 bits per heavy atom. The smallest absolute Gasteiger partial charge is 0.346 e. The van der Waals surface area contributed by atoms with Crippen molar-refractivity contribution in [2.24, 2.45) is 0 Å². The second-order valence-electron chi connectivity index (χ2n) is 5.03. The summed E-state index contributed by atoms with van der Waals surface area (Å²) in [7, 11) is 0. The summed E-state index contributed by atoms with van der Waals surface area (Å²) in [5, 5.41) is 3.47. The zero-order valence-corrected chi connectivity index (χ0v) is 16.2. The van der Waals surface area contributed by atoms with Crippen LogP contribution in [0.3, 0.4) is 0 Å². The quantitative estimate of drug-likeness (QED) is 0.426. The molecule has 1 amide bonds. The lowest BCUT2D eigenvalue weighted by molar-refractivity contribution is -0.113. The number of H-pyrrole nitrogens is 1. The number of rotatable bonds is 6. The van der Waals surface area contributed by atoms with Crippen LogP contribution in [0, 0.1) is 6.92 Å². The molecular formula is C16H15Cl2N3O4S. The first-order valence-electron chi connectivity index (χ1n) is 7.47. The predicted octanol–water partition coefficient (Wildman–Crippen LogP) is 3.29. The van der Waals surface area contributed by atoms with E-state index in [1.165, 1.54) is 6.07 Å². The predicted molar refractivity (Wildman–Crippen MR) is 101 cm³/mol. The van der Waals surface area contributed by atoms with Crippen LogP contribution in [-0.2, 0) is 9.53 Å². The van der Waals surface area contributed by atoms with Crippen molar-refractivity contribution in [3.63, 3.8) is 0 Å². The molecule has 1 heterocycles.